The van der Waals surface area contributed by atoms with Crippen LogP contribution in [0.1, 0.15) is 31.6 Å². The van der Waals surface area contributed by atoms with E-state index in [1.165, 1.54) is 24.1 Å². The number of methoxy groups -OCH3 is 1. The van der Waals surface area contributed by atoms with Crippen molar-refractivity contribution in [3.63, 3.8) is 0 Å². The molecule has 1 aromatic rings. The van der Waals surface area contributed by atoms with Gasteiger partial charge >= 0.3 is 0 Å². The van der Waals surface area contributed by atoms with E-state index in [-0.39, 0.29) is 0 Å². The highest BCUT2D eigenvalue weighted by Gasteiger charge is 2.26. The summed E-state index contributed by atoms with van der Waals surface area (Å²) in [6.07, 6.45) is 3.64. The lowest BCUT2D eigenvalue weighted by molar-refractivity contribution is 0.186. The smallest absolute Gasteiger partial charge is 0.0587 e. The van der Waals surface area contributed by atoms with Crippen molar-refractivity contribution in [3.8, 4) is 0 Å². The van der Waals surface area contributed by atoms with Gasteiger partial charge in [-0.05, 0) is 36.1 Å². The van der Waals surface area contributed by atoms with Crippen LogP contribution in [0.2, 0.25) is 0 Å². The maximum absolute atomic E-state index is 5.07. The van der Waals surface area contributed by atoms with Crippen molar-refractivity contribution < 1.29 is 4.74 Å². The van der Waals surface area contributed by atoms with E-state index in [1.807, 2.05) is 11.3 Å². The topological polar surface area (TPSA) is 21.3 Å². The van der Waals surface area contributed by atoms with Gasteiger partial charge in [-0.1, -0.05) is 19.9 Å². The molecule has 0 unspecified atom stereocenters. The lowest BCUT2D eigenvalue weighted by atomic mass is 9.78. The molecule has 0 aromatic carbocycles. The maximum atomic E-state index is 5.07. The van der Waals surface area contributed by atoms with Crippen molar-refractivity contribution in [2.75, 3.05) is 26.8 Å². The van der Waals surface area contributed by atoms with Crippen LogP contribution in [0, 0.1) is 5.41 Å². The summed E-state index contributed by atoms with van der Waals surface area (Å²) in [5.74, 6) is 0. The molecule has 0 fully saturated rings. The van der Waals surface area contributed by atoms with Crippen LogP contribution < -0.4 is 5.32 Å². The number of ether oxygens (including phenoxy) is 1. The first-order chi connectivity index (χ1) is 8.26. The molecule has 0 aliphatic rings. The molecule has 0 radical (unpaired) electrons. The van der Waals surface area contributed by atoms with Crippen molar-refractivity contribution in [1.29, 1.82) is 0 Å². The molecule has 1 heterocycles. The number of thiophene rings is 1. The van der Waals surface area contributed by atoms with Crippen molar-refractivity contribution in [2.24, 2.45) is 5.41 Å². The predicted octanol–water partition coefficient (Wildman–Crippen LogP) is 3.33. The normalized spacial score (nSPS) is 11.9. The molecule has 1 rings (SSSR count). The molecule has 0 aliphatic carbocycles. The van der Waals surface area contributed by atoms with Crippen molar-refractivity contribution in [3.05, 3.63) is 22.4 Å². The minimum Gasteiger partial charge on any atom is -0.383 e. The van der Waals surface area contributed by atoms with Gasteiger partial charge in [0.15, 0.2) is 0 Å². The van der Waals surface area contributed by atoms with Crippen molar-refractivity contribution in [2.45, 2.75) is 33.1 Å². The summed E-state index contributed by atoms with van der Waals surface area (Å²) in [5.41, 5.74) is 0.401. The maximum Gasteiger partial charge on any atom is 0.0587 e. The average molecular weight is 255 g/mol. The van der Waals surface area contributed by atoms with E-state index in [0.29, 0.717) is 5.41 Å². The molecule has 0 saturated carbocycles. The summed E-state index contributed by atoms with van der Waals surface area (Å²) in [6, 6.07) is 4.40. The van der Waals surface area contributed by atoms with Gasteiger partial charge in [0.05, 0.1) is 6.61 Å². The summed E-state index contributed by atoms with van der Waals surface area (Å²) in [4.78, 5) is 1.50. The van der Waals surface area contributed by atoms with E-state index < -0.39 is 0 Å². The predicted molar refractivity (Wildman–Crippen MR) is 75.8 cm³/mol. The van der Waals surface area contributed by atoms with Crippen LogP contribution in [0.5, 0.6) is 0 Å². The second-order valence-corrected chi connectivity index (χ2v) is 5.67. The fourth-order valence-electron chi connectivity index (χ4n) is 2.12. The molecule has 2 nitrogen and oxygen atoms in total. The van der Waals surface area contributed by atoms with Crippen molar-refractivity contribution in [1.82, 2.24) is 5.32 Å². The van der Waals surface area contributed by atoms with Crippen LogP contribution in [0.4, 0.5) is 0 Å². The molecule has 3 heteroatoms. The van der Waals surface area contributed by atoms with E-state index in [2.05, 4.69) is 36.7 Å². The van der Waals surface area contributed by atoms with Crippen LogP contribution >= 0.6 is 11.3 Å². The van der Waals surface area contributed by atoms with Crippen LogP contribution in [0.25, 0.3) is 0 Å². The molecule has 0 amide bonds. The zero-order valence-corrected chi connectivity index (χ0v) is 12.1. The lowest BCUT2D eigenvalue weighted by Crippen LogP contribution is -2.36. The summed E-state index contributed by atoms with van der Waals surface area (Å²) in [5, 5.41) is 5.69. The summed E-state index contributed by atoms with van der Waals surface area (Å²) >= 11 is 1.87. The molecule has 0 atom stereocenters. The van der Waals surface area contributed by atoms with Gasteiger partial charge in [-0.25, -0.2) is 0 Å². The van der Waals surface area contributed by atoms with E-state index >= 15 is 0 Å². The lowest BCUT2D eigenvalue weighted by Gasteiger charge is -2.31. The summed E-state index contributed by atoms with van der Waals surface area (Å²) in [7, 11) is 1.75. The second kappa shape index (κ2) is 7.85. The Hall–Kier alpha value is -0.380. The molecule has 17 heavy (non-hydrogen) atoms. The van der Waals surface area contributed by atoms with Gasteiger partial charge in [-0.2, -0.15) is 0 Å². The Morgan fingerprint density at radius 2 is 2.12 bits per heavy atom. The highest BCUT2D eigenvalue weighted by molar-refractivity contribution is 7.09. The Balaban J connectivity index is 2.49. The minimum atomic E-state index is 0.401. The van der Waals surface area contributed by atoms with Crippen LogP contribution in [-0.2, 0) is 11.2 Å². The van der Waals surface area contributed by atoms with Gasteiger partial charge in [-0.3, -0.25) is 0 Å². The average Bonchev–Trinajstić information content (AvgIpc) is 2.86. The Kier molecular flexibility index (Phi) is 6.78. The molecule has 0 bridgehead atoms. The Bertz CT molecular complexity index is 280. The number of nitrogens with one attached hydrogen (secondary N) is 1. The monoisotopic (exact) mass is 255 g/mol. The number of rotatable bonds is 9. The molecule has 0 spiro atoms. The zero-order chi connectivity index (χ0) is 12.6. The van der Waals surface area contributed by atoms with E-state index in [0.717, 1.165) is 19.7 Å². The van der Waals surface area contributed by atoms with Crippen LogP contribution in [0.3, 0.4) is 0 Å². The van der Waals surface area contributed by atoms with E-state index in [9.17, 15) is 0 Å². The molecular formula is C14H25NOS. The molecule has 1 N–H and O–H groups in total. The Labute approximate surface area is 109 Å². The minimum absolute atomic E-state index is 0.401. The van der Waals surface area contributed by atoms with Crippen LogP contribution in [-0.4, -0.2) is 26.8 Å². The van der Waals surface area contributed by atoms with Gasteiger partial charge in [0.1, 0.15) is 0 Å². The van der Waals surface area contributed by atoms with E-state index in [1.54, 1.807) is 7.11 Å². The molecule has 0 saturated heterocycles. The fourth-order valence-corrected chi connectivity index (χ4v) is 3.00. The van der Waals surface area contributed by atoms with Gasteiger partial charge in [0, 0.05) is 25.1 Å². The number of hydrogen-bond acceptors (Lipinski definition) is 3. The molecule has 0 aliphatic heterocycles. The molecular weight excluding hydrogens is 230 g/mol. The second-order valence-electron chi connectivity index (χ2n) is 4.63. The standard InChI is InChI=1S/C14H25NOS/c1-4-14(5-2,12-15-8-9-16-3)11-13-7-6-10-17-13/h6-7,10,15H,4-5,8-9,11-12H2,1-3H3. The zero-order valence-electron chi connectivity index (χ0n) is 11.3. The Morgan fingerprint density at radius 1 is 1.35 bits per heavy atom. The van der Waals surface area contributed by atoms with Gasteiger partial charge in [0.2, 0.25) is 0 Å². The summed E-state index contributed by atoms with van der Waals surface area (Å²) in [6.45, 7) is 7.43. The third-order valence-electron chi connectivity index (χ3n) is 3.61. The SMILES string of the molecule is CCC(CC)(CNCCOC)Cc1cccs1. The third kappa shape index (κ3) is 4.78. The first-order valence-electron chi connectivity index (χ1n) is 6.48. The first-order valence-corrected chi connectivity index (χ1v) is 7.36. The van der Waals surface area contributed by atoms with Gasteiger partial charge in [0.25, 0.3) is 0 Å². The van der Waals surface area contributed by atoms with Gasteiger partial charge < -0.3 is 10.1 Å². The molecule has 1 aromatic heterocycles. The van der Waals surface area contributed by atoms with Crippen LogP contribution in [0.15, 0.2) is 17.5 Å². The van der Waals surface area contributed by atoms with Crippen molar-refractivity contribution >= 4 is 11.3 Å². The summed E-state index contributed by atoms with van der Waals surface area (Å²) < 4.78 is 5.07. The highest BCUT2D eigenvalue weighted by Crippen LogP contribution is 2.31. The number of hydrogen-bond donors (Lipinski definition) is 1. The highest BCUT2D eigenvalue weighted by atomic mass is 32.1. The quantitative estimate of drug-likeness (QED) is 0.683. The van der Waals surface area contributed by atoms with Gasteiger partial charge in [-0.15, -0.1) is 11.3 Å². The van der Waals surface area contributed by atoms with E-state index in [4.69, 9.17) is 4.74 Å². The Morgan fingerprint density at radius 3 is 2.65 bits per heavy atom. The largest absolute Gasteiger partial charge is 0.383 e. The first kappa shape index (κ1) is 14.7. The molecule has 98 valence electrons. The third-order valence-corrected chi connectivity index (χ3v) is 4.49. The fraction of sp³-hybridized carbons (Fsp3) is 0.714.